The third kappa shape index (κ3) is 2.28. The molecule has 0 spiro atoms. The van der Waals surface area contributed by atoms with Crippen molar-refractivity contribution < 1.29 is 9.59 Å². The van der Waals surface area contributed by atoms with Gasteiger partial charge in [0.05, 0.1) is 0 Å². The van der Waals surface area contributed by atoms with Gasteiger partial charge in [-0.25, -0.2) is 4.79 Å². The number of piperidine rings is 2. The van der Waals surface area contributed by atoms with Crippen molar-refractivity contribution in [3.8, 4) is 0 Å². The van der Waals surface area contributed by atoms with E-state index < -0.39 is 0 Å². The largest absolute Gasteiger partial charge is 0.353 e. The number of urea groups is 1. The molecule has 2 aliphatic rings. The molecule has 2 saturated heterocycles. The molecule has 3 amide bonds. The Labute approximate surface area is 95.6 Å². The molecular weight excluding hydrogens is 206 g/mol. The minimum atomic E-state index is 0.0258. The van der Waals surface area contributed by atoms with E-state index in [1.54, 1.807) is 0 Å². The molecule has 2 rings (SSSR count). The number of likely N-dealkylation sites (tertiary alicyclic amines) is 1. The predicted octanol–water partition coefficient (Wildman–Crippen LogP) is 0.316. The van der Waals surface area contributed by atoms with Crippen molar-refractivity contribution >= 4 is 11.9 Å². The number of rotatable bonds is 1. The molecule has 2 unspecified atom stereocenters. The first-order valence-electron chi connectivity index (χ1n) is 6.03. The van der Waals surface area contributed by atoms with Gasteiger partial charge >= 0.3 is 6.03 Å². The first-order valence-corrected chi connectivity index (χ1v) is 6.03. The second kappa shape index (κ2) is 4.72. The summed E-state index contributed by atoms with van der Waals surface area (Å²) in [6.07, 6.45) is 2.39. The second-order valence-corrected chi connectivity index (χ2v) is 4.54. The Kier molecular flexibility index (Phi) is 3.31. The third-order valence-corrected chi connectivity index (χ3v) is 3.44. The number of nitrogens with zero attached hydrogens (tertiary/aromatic N) is 1. The maximum Gasteiger partial charge on any atom is 0.317 e. The first kappa shape index (κ1) is 11.2. The molecule has 2 atom stereocenters. The standard InChI is InChI=1S/C11H19N3O2/c1-2-12-11(16)14-6-5-9-8(7-14)3-4-10(15)13-9/h8-9H,2-7H2,1H3,(H,12,16)(H,13,15). The lowest BCUT2D eigenvalue weighted by atomic mass is 9.85. The average Bonchev–Trinajstić information content (AvgIpc) is 2.28. The molecule has 2 heterocycles. The number of hydrogen-bond acceptors (Lipinski definition) is 2. The summed E-state index contributed by atoms with van der Waals surface area (Å²) in [7, 11) is 0. The van der Waals surface area contributed by atoms with Crippen molar-refractivity contribution in [3.05, 3.63) is 0 Å². The van der Waals surface area contributed by atoms with Crippen molar-refractivity contribution in [1.29, 1.82) is 0 Å². The van der Waals surface area contributed by atoms with Crippen molar-refractivity contribution in [2.45, 2.75) is 32.2 Å². The van der Waals surface area contributed by atoms with E-state index in [9.17, 15) is 9.59 Å². The van der Waals surface area contributed by atoms with Gasteiger partial charge in [-0.05, 0) is 25.7 Å². The minimum Gasteiger partial charge on any atom is -0.353 e. The number of hydrogen-bond donors (Lipinski definition) is 2. The van der Waals surface area contributed by atoms with Gasteiger partial charge in [-0.1, -0.05) is 0 Å². The molecule has 0 saturated carbocycles. The molecule has 90 valence electrons. The van der Waals surface area contributed by atoms with Crippen LogP contribution in [0.15, 0.2) is 0 Å². The van der Waals surface area contributed by atoms with Crippen LogP contribution in [0.2, 0.25) is 0 Å². The fourth-order valence-corrected chi connectivity index (χ4v) is 2.56. The van der Waals surface area contributed by atoms with Crippen molar-refractivity contribution in [2.75, 3.05) is 19.6 Å². The summed E-state index contributed by atoms with van der Waals surface area (Å²) in [5.41, 5.74) is 0. The summed E-state index contributed by atoms with van der Waals surface area (Å²) in [6, 6.07) is 0.310. The van der Waals surface area contributed by atoms with Crippen LogP contribution in [-0.4, -0.2) is 42.5 Å². The maximum absolute atomic E-state index is 11.7. The van der Waals surface area contributed by atoms with Gasteiger partial charge in [0.2, 0.25) is 5.91 Å². The highest BCUT2D eigenvalue weighted by Crippen LogP contribution is 2.25. The van der Waals surface area contributed by atoms with Crippen LogP contribution in [0.4, 0.5) is 4.79 Å². The lowest BCUT2D eigenvalue weighted by molar-refractivity contribution is -0.125. The van der Waals surface area contributed by atoms with E-state index in [-0.39, 0.29) is 18.0 Å². The summed E-state index contributed by atoms with van der Waals surface area (Å²) in [4.78, 5) is 24.8. The van der Waals surface area contributed by atoms with Crippen molar-refractivity contribution in [2.24, 2.45) is 5.92 Å². The number of amides is 3. The second-order valence-electron chi connectivity index (χ2n) is 4.54. The smallest absolute Gasteiger partial charge is 0.317 e. The monoisotopic (exact) mass is 225 g/mol. The molecule has 2 aliphatic heterocycles. The zero-order valence-corrected chi connectivity index (χ0v) is 9.66. The van der Waals surface area contributed by atoms with Gasteiger partial charge in [-0.15, -0.1) is 0 Å². The minimum absolute atomic E-state index is 0.0258. The summed E-state index contributed by atoms with van der Waals surface area (Å²) in [5, 5.41) is 5.83. The zero-order valence-electron chi connectivity index (χ0n) is 9.66. The molecular formula is C11H19N3O2. The number of carbonyl (C=O) groups excluding carboxylic acids is 2. The Hall–Kier alpha value is -1.26. The van der Waals surface area contributed by atoms with Gasteiger partial charge < -0.3 is 15.5 Å². The van der Waals surface area contributed by atoms with Gasteiger partial charge in [-0.2, -0.15) is 0 Å². The lowest BCUT2D eigenvalue weighted by Gasteiger charge is -2.41. The quantitative estimate of drug-likeness (QED) is 0.675. The maximum atomic E-state index is 11.7. The van der Waals surface area contributed by atoms with Crippen LogP contribution >= 0.6 is 0 Å². The highest BCUT2D eigenvalue weighted by Gasteiger charge is 2.34. The molecule has 5 nitrogen and oxygen atoms in total. The van der Waals surface area contributed by atoms with Crippen LogP contribution in [0.3, 0.4) is 0 Å². The van der Waals surface area contributed by atoms with E-state index >= 15 is 0 Å². The Morgan fingerprint density at radius 1 is 1.56 bits per heavy atom. The van der Waals surface area contributed by atoms with E-state index in [2.05, 4.69) is 10.6 Å². The van der Waals surface area contributed by atoms with Crippen molar-refractivity contribution in [1.82, 2.24) is 15.5 Å². The van der Waals surface area contributed by atoms with E-state index in [0.717, 1.165) is 25.9 Å². The molecule has 0 aliphatic carbocycles. The summed E-state index contributed by atoms with van der Waals surface area (Å²) in [6.45, 7) is 4.11. The molecule has 0 bridgehead atoms. The SMILES string of the molecule is CCNC(=O)N1CCC2NC(=O)CCC2C1. The number of nitrogens with one attached hydrogen (secondary N) is 2. The van der Waals surface area contributed by atoms with Crippen LogP contribution in [-0.2, 0) is 4.79 Å². The molecule has 16 heavy (non-hydrogen) atoms. The molecule has 0 aromatic rings. The Morgan fingerprint density at radius 2 is 2.38 bits per heavy atom. The Bertz CT molecular complexity index is 293. The fraction of sp³-hybridized carbons (Fsp3) is 0.818. The van der Waals surface area contributed by atoms with Gasteiger partial charge in [0.25, 0.3) is 0 Å². The van der Waals surface area contributed by atoms with Gasteiger partial charge in [0.1, 0.15) is 0 Å². The summed E-state index contributed by atoms with van der Waals surface area (Å²) < 4.78 is 0. The molecule has 2 N–H and O–H groups in total. The molecule has 0 aromatic carbocycles. The zero-order chi connectivity index (χ0) is 11.5. The van der Waals surface area contributed by atoms with Crippen LogP contribution in [0.5, 0.6) is 0 Å². The van der Waals surface area contributed by atoms with Crippen LogP contribution in [0.1, 0.15) is 26.2 Å². The van der Waals surface area contributed by atoms with Gasteiger partial charge in [-0.3, -0.25) is 4.79 Å². The first-order chi connectivity index (χ1) is 7.70. The third-order valence-electron chi connectivity index (χ3n) is 3.44. The van der Waals surface area contributed by atoms with Crippen molar-refractivity contribution in [3.63, 3.8) is 0 Å². The van der Waals surface area contributed by atoms with Crippen LogP contribution in [0.25, 0.3) is 0 Å². The average molecular weight is 225 g/mol. The lowest BCUT2D eigenvalue weighted by Crippen LogP contribution is -2.56. The molecule has 0 radical (unpaired) electrons. The van der Waals surface area contributed by atoms with Crippen LogP contribution in [0, 0.1) is 5.92 Å². The van der Waals surface area contributed by atoms with Gasteiger partial charge in [0.15, 0.2) is 0 Å². The fourth-order valence-electron chi connectivity index (χ4n) is 2.56. The highest BCUT2D eigenvalue weighted by atomic mass is 16.2. The Morgan fingerprint density at radius 3 is 3.12 bits per heavy atom. The van der Waals surface area contributed by atoms with E-state index in [4.69, 9.17) is 0 Å². The van der Waals surface area contributed by atoms with Crippen LogP contribution < -0.4 is 10.6 Å². The summed E-state index contributed by atoms with van der Waals surface area (Å²) >= 11 is 0. The number of carbonyl (C=O) groups is 2. The molecule has 5 heteroatoms. The van der Waals surface area contributed by atoms with E-state index in [1.807, 2.05) is 11.8 Å². The van der Waals surface area contributed by atoms with E-state index in [1.165, 1.54) is 0 Å². The normalized spacial score (nSPS) is 29.3. The molecule has 0 aromatic heterocycles. The predicted molar refractivity (Wildman–Crippen MR) is 59.9 cm³/mol. The Balaban J connectivity index is 1.90. The summed E-state index contributed by atoms with van der Waals surface area (Å²) in [5.74, 6) is 0.599. The van der Waals surface area contributed by atoms with Gasteiger partial charge in [0, 0.05) is 32.1 Å². The highest BCUT2D eigenvalue weighted by molar-refractivity contribution is 5.77. The molecule has 2 fully saturated rings. The van der Waals surface area contributed by atoms with E-state index in [0.29, 0.717) is 18.9 Å². The topological polar surface area (TPSA) is 61.4 Å². The number of fused-ring (bicyclic) bond motifs is 1.